The van der Waals surface area contributed by atoms with E-state index in [1.807, 2.05) is 32.9 Å². The molecule has 0 bridgehead atoms. The number of hydrogen-bond acceptors (Lipinski definition) is 5. The molecule has 2 fully saturated rings. The summed E-state index contributed by atoms with van der Waals surface area (Å²) in [4.78, 5) is 13.4. The van der Waals surface area contributed by atoms with Crippen LogP contribution in [0.3, 0.4) is 0 Å². The van der Waals surface area contributed by atoms with Crippen molar-refractivity contribution in [3.8, 4) is 0 Å². The van der Waals surface area contributed by atoms with Crippen molar-refractivity contribution in [3.63, 3.8) is 0 Å². The predicted molar refractivity (Wildman–Crippen MR) is 143 cm³/mol. The van der Waals surface area contributed by atoms with Crippen LogP contribution in [-0.4, -0.2) is 64.1 Å². The second-order valence-corrected chi connectivity index (χ2v) is 14.0. The Morgan fingerprint density at radius 2 is 1.38 bits per heavy atom. The minimum atomic E-state index is -3.61. The minimum absolute atomic E-state index is 0.0621. The molecule has 0 aliphatic carbocycles. The van der Waals surface area contributed by atoms with E-state index in [9.17, 15) is 21.6 Å². The Morgan fingerprint density at radius 1 is 0.838 bits per heavy atom. The third-order valence-corrected chi connectivity index (χ3v) is 11.5. The van der Waals surface area contributed by atoms with Crippen molar-refractivity contribution in [2.75, 3.05) is 32.7 Å². The van der Waals surface area contributed by atoms with E-state index in [2.05, 4.69) is 5.32 Å². The summed E-state index contributed by atoms with van der Waals surface area (Å²) in [5.41, 5.74) is 3.48. The molecule has 0 radical (unpaired) electrons. The highest BCUT2D eigenvalue weighted by Gasteiger charge is 2.33. The fourth-order valence-corrected chi connectivity index (χ4v) is 8.84. The van der Waals surface area contributed by atoms with Gasteiger partial charge in [0.1, 0.15) is 0 Å². The molecular weight excluding hydrogens is 510 g/mol. The van der Waals surface area contributed by atoms with Gasteiger partial charge >= 0.3 is 0 Å². The summed E-state index contributed by atoms with van der Waals surface area (Å²) in [5.74, 6) is -0.285. The van der Waals surface area contributed by atoms with Crippen molar-refractivity contribution in [1.29, 1.82) is 0 Å². The number of carbonyl (C=O) groups is 1. The maximum Gasteiger partial charge on any atom is 0.243 e. The highest BCUT2D eigenvalue weighted by molar-refractivity contribution is 7.89. The fourth-order valence-electron chi connectivity index (χ4n) is 5.44. The first-order chi connectivity index (χ1) is 17.5. The van der Waals surface area contributed by atoms with E-state index in [0.717, 1.165) is 35.1 Å². The van der Waals surface area contributed by atoms with Crippen LogP contribution in [0.15, 0.2) is 46.2 Å². The summed E-state index contributed by atoms with van der Waals surface area (Å²) in [6.45, 7) is 7.84. The summed E-state index contributed by atoms with van der Waals surface area (Å²) in [6.07, 6.45) is 3.36. The van der Waals surface area contributed by atoms with Gasteiger partial charge in [-0.15, -0.1) is 0 Å². The van der Waals surface area contributed by atoms with Crippen molar-refractivity contribution >= 4 is 26.0 Å². The molecule has 1 amide bonds. The van der Waals surface area contributed by atoms with Gasteiger partial charge in [0.15, 0.2) is 0 Å². The van der Waals surface area contributed by atoms with E-state index in [4.69, 9.17) is 0 Å². The monoisotopic (exact) mass is 547 g/mol. The number of piperidine rings is 1. The molecule has 2 saturated heterocycles. The predicted octanol–water partition coefficient (Wildman–Crippen LogP) is 3.16. The summed E-state index contributed by atoms with van der Waals surface area (Å²) in [7, 11) is -7.03. The van der Waals surface area contributed by atoms with Crippen LogP contribution < -0.4 is 5.32 Å². The number of carbonyl (C=O) groups excluding carboxylic acids is 1. The molecule has 2 aliphatic heterocycles. The molecule has 1 N–H and O–H groups in total. The Labute approximate surface area is 221 Å². The van der Waals surface area contributed by atoms with Gasteiger partial charge in [0, 0.05) is 38.6 Å². The zero-order chi connectivity index (χ0) is 26.8. The van der Waals surface area contributed by atoms with Crippen LogP contribution in [0.4, 0.5) is 0 Å². The highest BCUT2D eigenvalue weighted by Crippen LogP contribution is 2.29. The smallest absolute Gasteiger partial charge is 0.243 e. The lowest BCUT2D eigenvalue weighted by Crippen LogP contribution is -2.43. The summed E-state index contributed by atoms with van der Waals surface area (Å²) in [6, 6.07) is 10.7. The summed E-state index contributed by atoms with van der Waals surface area (Å²) >= 11 is 0. The van der Waals surface area contributed by atoms with Gasteiger partial charge in [-0.2, -0.15) is 8.61 Å². The van der Waals surface area contributed by atoms with Gasteiger partial charge in [-0.1, -0.05) is 29.8 Å². The Hall–Kier alpha value is -2.27. The summed E-state index contributed by atoms with van der Waals surface area (Å²) in [5, 5.41) is 2.97. The number of rotatable bonds is 8. The second-order valence-electron chi connectivity index (χ2n) is 10.2. The quantitative estimate of drug-likeness (QED) is 0.547. The highest BCUT2D eigenvalue weighted by atomic mass is 32.2. The van der Waals surface area contributed by atoms with Crippen LogP contribution in [-0.2, 0) is 31.3 Å². The van der Waals surface area contributed by atoms with Crippen molar-refractivity contribution in [1.82, 2.24) is 13.9 Å². The minimum Gasteiger partial charge on any atom is -0.356 e. The first kappa shape index (κ1) is 27.8. The van der Waals surface area contributed by atoms with E-state index in [1.165, 1.54) is 8.61 Å². The lowest BCUT2D eigenvalue weighted by atomic mass is 9.97. The van der Waals surface area contributed by atoms with Crippen LogP contribution in [0.25, 0.3) is 0 Å². The van der Waals surface area contributed by atoms with Gasteiger partial charge in [0.2, 0.25) is 26.0 Å². The van der Waals surface area contributed by atoms with Crippen LogP contribution in [0.2, 0.25) is 0 Å². The molecule has 4 rings (SSSR count). The number of nitrogens with one attached hydrogen (secondary N) is 1. The molecule has 0 aromatic heterocycles. The SMILES string of the molecule is Cc1cc(C)c(S(=O)(=O)N2CCC(C(=O)NCCc3ccc(S(=O)(=O)N4CCCC4)cc3)CC2)c(C)c1. The van der Waals surface area contributed by atoms with E-state index in [-0.39, 0.29) is 11.8 Å². The standard InChI is InChI=1S/C27H37N3O5S2/c1-20-18-21(2)26(22(3)19-20)37(34,35)30-16-11-24(12-17-30)27(31)28-13-10-23-6-8-25(9-7-23)36(32,33)29-14-4-5-15-29/h6-9,18-19,24H,4-5,10-17H2,1-3H3,(H,28,31). The Bertz CT molecular complexity index is 1320. The molecule has 0 atom stereocenters. The molecule has 2 aromatic rings. The third kappa shape index (κ3) is 6.08. The molecule has 2 heterocycles. The summed E-state index contributed by atoms with van der Waals surface area (Å²) < 4.78 is 54.9. The molecule has 202 valence electrons. The molecular formula is C27H37N3O5S2. The van der Waals surface area contributed by atoms with Crippen LogP contribution >= 0.6 is 0 Å². The average molecular weight is 548 g/mol. The van der Waals surface area contributed by atoms with E-state index in [0.29, 0.717) is 61.8 Å². The first-order valence-corrected chi connectivity index (χ1v) is 15.8. The van der Waals surface area contributed by atoms with Gasteiger partial charge in [-0.25, -0.2) is 16.8 Å². The van der Waals surface area contributed by atoms with Crippen molar-refractivity contribution in [2.45, 2.75) is 62.7 Å². The molecule has 0 unspecified atom stereocenters. The van der Waals surface area contributed by atoms with Crippen molar-refractivity contribution < 1.29 is 21.6 Å². The van der Waals surface area contributed by atoms with E-state index in [1.54, 1.807) is 24.3 Å². The van der Waals surface area contributed by atoms with Crippen molar-refractivity contribution in [3.05, 3.63) is 58.7 Å². The molecule has 8 nitrogen and oxygen atoms in total. The molecule has 0 saturated carbocycles. The number of aryl methyl sites for hydroxylation is 3. The lowest BCUT2D eigenvalue weighted by molar-refractivity contribution is -0.126. The fraction of sp³-hybridized carbons (Fsp3) is 0.519. The normalized spacial score (nSPS) is 18.2. The van der Waals surface area contributed by atoms with Crippen LogP contribution in [0.1, 0.15) is 47.9 Å². The van der Waals surface area contributed by atoms with Crippen LogP contribution in [0.5, 0.6) is 0 Å². The lowest BCUT2D eigenvalue weighted by Gasteiger charge is -2.31. The Kier molecular flexibility index (Phi) is 8.42. The van der Waals surface area contributed by atoms with Gasteiger partial charge < -0.3 is 5.32 Å². The van der Waals surface area contributed by atoms with Gasteiger partial charge in [-0.05, 0) is 81.7 Å². The molecule has 2 aromatic carbocycles. The van der Waals surface area contributed by atoms with Crippen LogP contribution in [0, 0.1) is 26.7 Å². The molecule has 37 heavy (non-hydrogen) atoms. The third-order valence-electron chi connectivity index (χ3n) is 7.37. The number of amides is 1. The first-order valence-electron chi connectivity index (χ1n) is 12.9. The zero-order valence-corrected chi connectivity index (χ0v) is 23.5. The van der Waals surface area contributed by atoms with Gasteiger partial charge in [-0.3, -0.25) is 4.79 Å². The average Bonchev–Trinajstić information content (AvgIpc) is 3.40. The number of hydrogen-bond donors (Lipinski definition) is 1. The second kappa shape index (κ2) is 11.2. The topological polar surface area (TPSA) is 104 Å². The molecule has 10 heteroatoms. The Morgan fingerprint density at radius 3 is 1.95 bits per heavy atom. The van der Waals surface area contributed by atoms with Gasteiger partial charge in [0.25, 0.3) is 0 Å². The largest absolute Gasteiger partial charge is 0.356 e. The zero-order valence-electron chi connectivity index (χ0n) is 21.9. The van der Waals surface area contributed by atoms with E-state index >= 15 is 0 Å². The number of benzene rings is 2. The molecule has 2 aliphatic rings. The van der Waals surface area contributed by atoms with Gasteiger partial charge in [0.05, 0.1) is 9.79 Å². The number of nitrogens with zero attached hydrogens (tertiary/aromatic N) is 2. The van der Waals surface area contributed by atoms with Crippen molar-refractivity contribution in [2.24, 2.45) is 5.92 Å². The maximum absolute atomic E-state index is 13.3. The molecule has 0 spiro atoms. The maximum atomic E-state index is 13.3. The van der Waals surface area contributed by atoms with E-state index < -0.39 is 20.0 Å². The Balaban J connectivity index is 1.27. The number of sulfonamides is 2.